The highest BCUT2D eigenvalue weighted by Gasteiger charge is 2.56. The molecule has 3 amide bonds. The van der Waals surface area contributed by atoms with Gasteiger partial charge in [0.05, 0.1) is 6.54 Å². The largest absolute Gasteiger partial charge is 0.368 e. The van der Waals surface area contributed by atoms with Crippen molar-refractivity contribution in [3.05, 3.63) is 35.7 Å². The third kappa shape index (κ3) is 4.17. The average Bonchev–Trinajstić information content (AvgIpc) is 2.85. The number of hydrogen-bond acceptors (Lipinski definition) is 7. The SMILES string of the molecule is Cc1ccccc1Nc1nc(N)nc(CN2C(=O)N[C@]3(C[C@H](C)CC(C)(C)C3)C2=O)n1. The molecule has 1 aromatic heterocycles. The number of para-hydroxylation sites is 1. The smallest absolute Gasteiger partial charge is 0.325 e. The molecular formula is C22H29N7O2. The number of urea groups is 1. The van der Waals surface area contributed by atoms with Crippen molar-refractivity contribution in [2.45, 2.75) is 59.0 Å². The molecule has 4 N–H and O–H groups in total. The van der Waals surface area contributed by atoms with Gasteiger partial charge >= 0.3 is 6.03 Å². The first-order chi connectivity index (χ1) is 14.6. The topological polar surface area (TPSA) is 126 Å². The molecule has 1 aliphatic carbocycles. The number of rotatable bonds is 4. The number of anilines is 3. The maximum atomic E-state index is 13.4. The van der Waals surface area contributed by atoms with Gasteiger partial charge in [0.1, 0.15) is 5.54 Å². The van der Waals surface area contributed by atoms with Crippen molar-refractivity contribution >= 4 is 29.5 Å². The molecule has 31 heavy (non-hydrogen) atoms. The van der Waals surface area contributed by atoms with Gasteiger partial charge in [0.15, 0.2) is 5.82 Å². The molecule has 0 unspecified atom stereocenters. The summed E-state index contributed by atoms with van der Waals surface area (Å²) >= 11 is 0. The Labute approximate surface area is 181 Å². The molecule has 2 atom stereocenters. The summed E-state index contributed by atoms with van der Waals surface area (Å²) in [5, 5.41) is 6.10. The maximum absolute atomic E-state index is 13.4. The Morgan fingerprint density at radius 2 is 1.94 bits per heavy atom. The quantitative estimate of drug-likeness (QED) is 0.645. The Bertz CT molecular complexity index is 1040. The van der Waals surface area contributed by atoms with Crippen molar-refractivity contribution in [1.82, 2.24) is 25.2 Å². The molecule has 0 radical (unpaired) electrons. The number of aromatic nitrogens is 3. The summed E-state index contributed by atoms with van der Waals surface area (Å²) in [7, 11) is 0. The number of aryl methyl sites for hydroxylation is 1. The third-order valence-corrected chi connectivity index (χ3v) is 6.01. The fourth-order valence-electron chi connectivity index (χ4n) is 5.19. The zero-order valence-corrected chi connectivity index (χ0v) is 18.4. The van der Waals surface area contributed by atoms with Gasteiger partial charge in [-0.05, 0) is 49.1 Å². The molecule has 164 valence electrons. The van der Waals surface area contributed by atoms with Gasteiger partial charge in [0.25, 0.3) is 5.91 Å². The van der Waals surface area contributed by atoms with Crippen LogP contribution in [0.5, 0.6) is 0 Å². The van der Waals surface area contributed by atoms with Gasteiger partial charge in [-0.2, -0.15) is 15.0 Å². The minimum Gasteiger partial charge on any atom is -0.368 e. The van der Waals surface area contributed by atoms with E-state index >= 15 is 0 Å². The summed E-state index contributed by atoms with van der Waals surface area (Å²) in [6.45, 7) is 8.32. The minimum absolute atomic E-state index is 0.0234. The van der Waals surface area contributed by atoms with Crippen molar-refractivity contribution in [2.24, 2.45) is 11.3 Å². The molecule has 2 aromatic rings. The van der Waals surface area contributed by atoms with Gasteiger partial charge in [-0.15, -0.1) is 0 Å². The van der Waals surface area contributed by atoms with Crippen LogP contribution >= 0.6 is 0 Å². The Balaban J connectivity index is 1.57. The Morgan fingerprint density at radius 3 is 2.65 bits per heavy atom. The van der Waals surface area contributed by atoms with Gasteiger partial charge in [-0.3, -0.25) is 9.69 Å². The minimum atomic E-state index is -0.862. The lowest BCUT2D eigenvalue weighted by Gasteiger charge is -2.43. The van der Waals surface area contributed by atoms with Crippen LogP contribution in [0.25, 0.3) is 0 Å². The lowest BCUT2D eigenvalue weighted by molar-refractivity contribution is -0.135. The standard InChI is InChI=1S/C22H29N7O2/c1-13-9-21(3,4)12-22(10-13)17(30)29(20(31)28-22)11-16-25-18(23)27-19(26-16)24-15-8-6-5-7-14(15)2/h5-8,13H,9-12H2,1-4H3,(H,28,31)(H3,23,24,25,26,27)/t13-,22+/m1/s1. The lowest BCUT2D eigenvalue weighted by Crippen LogP contribution is -2.54. The molecule has 2 fully saturated rings. The van der Waals surface area contributed by atoms with Crippen LogP contribution in [0.3, 0.4) is 0 Å². The number of benzene rings is 1. The highest BCUT2D eigenvalue weighted by molar-refractivity contribution is 6.07. The van der Waals surface area contributed by atoms with Crippen LogP contribution in [-0.4, -0.2) is 37.3 Å². The molecule has 2 aliphatic rings. The van der Waals surface area contributed by atoms with Crippen LogP contribution in [0.15, 0.2) is 24.3 Å². The van der Waals surface area contributed by atoms with E-state index in [1.807, 2.05) is 31.2 Å². The highest BCUT2D eigenvalue weighted by atomic mass is 16.2. The Hall–Kier alpha value is -3.23. The molecule has 1 aromatic carbocycles. The van der Waals surface area contributed by atoms with Gasteiger partial charge in [-0.1, -0.05) is 39.0 Å². The number of nitrogens with zero attached hydrogens (tertiary/aromatic N) is 4. The molecule has 1 aliphatic heterocycles. The number of nitrogen functional groups attached to an aromatic ring is 1. The molecule has 4 rings (SSSR count). The fraction of sp³-hybridized carbons (Fsp3) is 0.500. The van der Waals surface area contributed by atoms with Gasteiger partial charge in [-0.25, -0.2) is 4.79 Å². The number of nitrogens with two attached hydrogens (primary N) is 1. The molecular weight excluding hydrogens is 394 g/mol. The van der Waals surface area contributed by atoms with E-state index < -0.39 is 11.6 Å². The number of nitrogens with one attached hydrogen (secondary N) is 2. The Morgan fingerprint density at radius 1 is 1.19 bits per heavy atom. The highest BCUT2D eigenvalue weighted by Crippen LogP contribution is 2.46. The van der Waals surface area contributed by atoms with E-state index in [0.29, 0.717) is 18.8 Å². The fourth-order valence-corrected chi connectivity index (χ4v) is 5.19. The van der Waals surface area contributed by atoms with Crippen LogP contribution in [0.1, 0.15) is 51.4 Å². The van der Waals surface area contributed by atoms with E-state index in [-0.39, 0.29) is 35.6 Å². The van der Waals surface area contributed by atoms with Crippen LogP contribution in [0.4, 0.5) is 22.4 Å². The van der Waals surface area contributed by atoms with E-state index in [4.69, 9.17) is 5.73 Å². The summed E-state index contributed by atoms with van der Waals surface area (Å²) in [6, 6.07) is 7.30. The summed E-state index contributed by atoms with van der Waals surface area (Å²) in [5.41, 5.74) is 6.85. The second kappa shape index (κ2) is 7.47. The van der Waals surface area contributed by atoms with E-state index in [9.17, 15) is 9.59 Å². The first-order valence-corrected chi connectivity index (χ1v) is 10.5. The predicted molar refractivity (Wildman–Crippen MR) is 117 cm³/mol. The monoisotopic (exact) mass is 423 g/mol. The van der Waals surface area contributed by atoms with Crippen molar-refractivity contribution in [3.8, 4) is 0 Å². The first-order valence-electron chi connectivity index (χ1n) is 10.5. The molecule has 1 saturated heterocycles. The van der Waals surface area contributed by atoms with Gasteiger partial charge in [0, 0.05) is 5.69 Å². The number of carbonyl (C=O) groups is 2. The van der Waals surface area contributed by atoms with E-state index in [2.05, 4.69) is 46.4 Å². The summed E-state index contributed by atoms with van der Waals surface area (Å²) in [5.74, 6) is 0.670. The van der Waals surface area contributed by atoms with Crippen molar-refractivity contribution in [3.63, 3.8) is 0 Å². The number of amides is 3. The Kier molecular flexibility index (Phi) is 5.07. The van der Waals surface area contributed by atoms with E-state index in [1.54, 1.807) is 0 Å². The molecule has 2 heterocycles. The van der Waals surface area contributed by atoms with Crippen LogP contribution < -0.4 is 16.4 Å². The number of hydrogen-bond donors (Lipinski definition) is 3. The van der Waals surface area contributed by atoms with Crippen molar-refractivity contribution in [2.75, 3.05) is 11.1 Å². The molecule has 9 heteroatoms. The van der Waals surface area contributed by atoms with Crippen molar-refractivity contribution < 1.29 is 9.59 Å². The number of carbonyl (C=O) groups excluding carboxylic acids is 2. The van der Waals surface area contributed by atoms with E-state index in [1.165, 1.54) is 4.90 Å². The lowest BCUT2D eigenvalue weighted by atomic mass is 9.64. The molecule has 1 saturated carbocycles. The van der Waals surface area contributed by atoms with Gasteiger partial charge < -0.3 is 16.4 Å². The second-order valence-corrected chi connectivity index (χ2v) is 9.63. The predicted octanol–water partition coefficient (Wildman–Crippen LogP) is 3.14. The molecule has 9 nitrogen and oxygen atoms in total. The normalized spacial score (nSPS) is 25.0. The zero-order chi connectivity index (χ0) is 22.4. The van der Waals surface area contributed by atoms with Crippen LogP contribution in [0.2, 0.25) is 0 Å². The number of imide groups is 1. The van der Waals surface area contributed by atoms with Crippen LogP contribution in [0, 0.1) is 18.3 Å². The third-order valence-electron chi connectivity index (χ3n) is 6.01. The first kappa shape index (κ1) is 21.0. The van der Waals surface area contributed by atoms with Gasteiger partial charge in [0.2, 0.25) is 11.9 Å². The summed E-state index contributed by atoms with van der Waals surface area (Å²) in [4.78, 5) is 40.0. The maximum Gasteiger partial charge on any atom is 0.325 e. The summed E-state index contributed by atoms with van der Waals surface area (Å²) < 4.78 is 0. The van der Waals surface area contributed by atoms with Crippen molar-refractivity contribution in [1.29, 1.82) is 0 Å². The van der Waals surface area contributed by atoms with Crippen LogP contribution in [-0.2, 0) is 11.3 Å². The summed E-state index contributed by atoms with van der Waals surface area (Å²) in [6.07, 6.45) is 2.28. The molecule has 1 spiro atoms. The molecule has 0 bridgehead atoms. The average molecular weight is 424 g/mol. The zero-order valence-electron chi connectivity index (χ0n) is 18.4. The van der Waals surface area contributed by atoms with E-state index in [0.717, 1.165) is 17.7 Å². The second-order valence-electron chi connectivity index (χ2n) is 9.63.